The molecule has 27 heavy (non-hydrogen) atoms. The molecule has 0 bridgehead atoms. The molecule has 0 heterocycles. The fourth-order valence-electron chi connectivity index (χ4n) is 3.34. The summed E-state index contributed by atoms with van der Waals surface area (Å²) in [7, 11) is -1.85. The van der Waals surface area contributed by atoms with Crippen molar-refractivity contribution in [3.63, 3.8) is 0 Å². The van der Waals surface area contributed by atoms with E-state index in [-0.39, 0.29) is 0 Å². The van der Waals surface area contributed by atoms with E-state index in [1.165, 1.54) is 12.8 Å². The minimum Gasteiger partial charge on any atom is -0.354 e. The highest BCUT2D eigenvalue weighted by Crippen LogP contribution is 2.23. The Balaban J connectivity index is 2.05. The van der Waals surface area contributed by atoms with E-state index in [9.17, 15) is 8.42 Å². The van der Waals surface area contributed by atoms with Crippen molar-refractivity contribution in [1.29, 1.82) is 0 Å². The van der Waals surface area contributed by atoms with Gasteiger partial charge in [-0.2, -0.15) is 0 Å². The van der Waals surface area contributed by atoms with Gasteiger partial charge in [-0.05, 0) is 64.0 Å². The van der Waals surface area contributed by atoms with Crippen LogP contribution in [0.3, 0.4) is 0 Å². The lowest BCUT2D eigenvalue weighted by atomic mass is 9.87. The summed E-state index contributed by atoms with van der Waals surface area (Å²) in [4.78, 5) is 4.60. The Morgan fingerprint density at radius 3 is 2.37 bits per heavy atom. The van der Waals surface area contributed by atoms with E-state index in [4.69, 9.17) is 0 Å². The van der Waals surface area contributed by atoms with Gasteiger partial charge in [0, 0.05) is 25.2 Å². The van der Waals surface area contributed by atoms with Crippen LogP contribution in [-0.2, 0) is 16.6 Å². The summed E-state index contributed by atoms with van der Waals surface area (Å²) in [6.45, 7) is 8.20. The Bertz CT molecular complexity index is 745. The number of guanidine groups is 1. The topological polar surface area (TPSA) is 82.6 Å². The fourth-order valence-corrected chi connectivity index (χ4v) is 5.00. The molecule has 7 heteroatoms. The van der Waals surface area contributed by atoms with Crippen LogP contribution in [0.1, 0.15) is 58.9 Å². The average molecular weight is 395 g/mol. The molecular weight excluding hydrogens is 360 g/mol. The summed E-state index contributed by atoms with van der Waals surface area (Å²) in [5.74, 6) is 1.51. The van der Waals surface area contributed by atoms with Crippen molar-refractivity contribution in [1.82, 2.24) is 15.4 Å². The van der Waals surface area contributed by atoms with Gasteiger partial charge < -0.3 is 10.6 Å². The third-order valence-corrected chi connectivity index (χ3v) is 6.59. The Hall–Kier alpha value is -1.60. The van der Waals surface area contributed by atoms with Crippen LogP contribution in [0.15, 0.2) is 34.2 Å². The summed E-state index contributed by atoms with van der Waals surface area (Å²) in [5, 5.41) is 6.73. The van der Waals surface area contributed by atoms with Crippen molar-refractivity contribution in [3.8, 4) is 0 Å². The van der Waals surface area contributed by atoms with Gasteiger partial charge in [-0.25, -0.2) is 13.1 Å². The molecule has 1 aromatic rings. The molecule has 0 atom stereocenters. The molecule has 1 saturated carbocycles. The number of hydrogen-bond acceptors (Lipinski definition) is 3. The van der Waals surface area contributed by atoms with Crippen LogP contribution in [-0.4, -0.2) is 33.0 Å². The lowest BCUT2D eigenvalue weighted by molar-refractivity contribution is 0.329. The molecule has 1 fully saturated rings. The molecule has 0 spiro atoms. The lowest BCUT2D eigenvalue weighted by Crippen LogP contribution is -2.44. The van der Waals surface area contributed by atoms with Crippen molar-refractivity contribution in [3.05, 3.63) is 29.8 Å². The van der Waals surface area contributed by atoms with E-state index in [1.807, 2.05) is 32.9 Å². The molecule has 0 aromatic heterocycles. The average Bonchev–Trinajstić information content (AvgIpc) is 2.58. The van der Waals surface area contributed by atoms with Gasteiger partial charge in [0.05, 0.1) is 4.90 Å². The number of rotatable bonds is 5. The van der Waals surface area contributed by atoms with Crippen molar-refractivity contribution >= 4 is 16.0 Å². The number of benzene rings is 1. The maximum absolute atomic E-state index is 12.7. The Morgan fingerprint density at radius 2 is 1.78 bits per heavy atom. The maximum Gasteiger partial charge on any atom is 0.241 e. The molecule has 0 aliphatic heterocycles. The van der Waals surface area contributed by atoms with E-state index in [0.29, 0.717) is 23.4 Å². The Morgan fingerprint density at radius 1 is 1.15 bits per heavy atom. The first-order valence-electron chi connectivity index (χ1n) is 9.70. The van der Waals surface area contributed by atoms with Crippen molar-refractivity contribution in [2.75, 3.05) is 7.05 Å². The van der Waals surface area contributed by atoms with E-state index < -0.39 is 15.6 Å². The molecule has 0 radical (unpaired) electrons. The lowest BCUT2D eigenvalue weighted by Gasteiger charge is -2.28. The molecular formula is C20H34N4O2S. The first-order chi connectivity index (χ1) is 12.6. The highest BCUT2D eigenvalue weighted by Gasteiger charge is 2.24. The number of hydrogen-bond donors (Lipinski definition) is 3. The summed E-state index contributed by atoms with van der Waals surface area (Å²) in [5.41, 5.74) is 0.184. The van der Waals surface area contributed by atoms with E-state index >= 15 is 0 Å². The molecule has 2 rings (SSSR count). The Labute approximate surface area is 164 Å². The zero-order valence-electron chi connectivity index (χ0n) is 17.2. The van der Waals surface area contributed by atoms with Crippen LogP contribution >= 0.6 is 0 Å². The first-order valence-corrected chi connectivity index (χ1v) is 11.2. The second-order valence-corrected chi connectivity index (χ2v) is 10.1. The SMILES string of the molecule is CN=C(NCc1ccccc1S(=O)(=O)NC(C)(C)C)NC1CCC(C)CC1. The molecule has 1 aliphatic carbocycles. The minimum absolute atomic E-state index is 0.300. The van der Waals surface area contributed by atoms with Gasteiger partial charge in [0.15, 0.2) is 5.96 Å². The van der Waals surface area contributed by atoms with E-state index in [1.54, 1.807) is 19.2 Å². The standard InChI is InChI=1S/C20H34N4O2S/c1-15-10-12-17(13-11-15)23-19(21-5)22-14-16-8-6-7-9-18(16)27(25,26)24-20(2,3)4/h6-9,15,17,24H,10-14H2,1-5H3,(H2,21,22,23). The predicted molar refractivity (Wildman–Crippen MR) is 111 cm³/mol. The molecule has 0 amide bonds. The molecule has 6 nitrogen and oxygen atoms in total. The van der Waals surface area contributed by atoms with Gasteiger partial charge >= 0.3 is 0 Å². The summed E-state index contributed by atoms with van der Waals surface area (Å²) in [6, 6.07) is 7.50. The minimum atomic E-state index is -3.59. The molecule has 1 aliphatic rings. The van der Waals surface area contributed by atoms with E-state index in [0.717, 1.165) is 24.3 Å². The molecule has 1 aromatic carbocycles. The van der Waals surface area contributed by atoms with Crippen LogP contribution in [0.2, 0.25) is 0 Å². The monoisotopic (exact) mass is 394 g/mol. The molecule has 152 valence electrons. The van der Waals surface area contributed by atoms with Crippen LogP contribution < -0.4 is 15.4 Å². The second kappa shape index (κ2) is 9.06. The summed E-state index contributed by atoms with van der Waals surface area (Å²) >= 11 is 0. The van der Waals surface area contributed by atoms with Crippen LogP contribution in [0.4, 0.5) is 0 Å². The highest BCUT2D eigenvalue weighted by atomic mass is 32.2. The van der Waals surface area contributed by atoms with Crippen molar-refractivity contribution in [2.45, 2.75) is 76.4 Å². The highest BCUT2D eigenvalue weighted by molar-refractivity contribution is 7.89. The number of aliphatic imine (C=N–C) groups is 1. The quantitative estimate of drug-likeness (QED) is 0.530. The van der Waals surface area contributed by atoms with Crippen molar-refractivity contribution < 1.29 is 8.42 Å². The van der Waals surface area contributed by atoms with Crippen LogP contribution in [0.25, 0.3) is 0 Å². The maximum atomic E-state index is 12.7. The number of sulfonamides is 1. The van der Waals surface area contributed by atoms with Crippen LogP contribution in [0.5, 0.6) is 0 Å². The molecule has 0 unspecified atom stereocenters. The van der Waals surface area contributed by atoms with Gasteiger partial charge in [0.25, 0.3) is 0 Å². The number of nitrogens with one attached hydrogen (secondary N) is 3. The summed E-state index contributed by atoms with van der Waals surface area (Å²) < 4.78 is 28.2. The third kappa shape index (κ3) is 6.81. The largest absolute Gasteiger partial charge is 0.354 e. The van der Waals surface area contributed by atoms with Gasteiger partial charge in [0.2, 0.25) is 10.0 Å². The fraction of sp³-hybridized carbons (Fsp3) is 0.650. The van der Waals surface area contributed by atoms with Gasteiger partial charge in [-0.1, -0.05) is 25.1 Å². The van der Waals surface area contributed by atoms with Crippen molar-refractivity contribution in [2.24, 2.45) is 10.9 Å². The summed E-state index contributed by atoms with van der Waals surface area (Å²) in [6.07, 6.45) is 4.74. The predicted octanol–water partition coefficient (Wildman–Crippen LogP) is 3.01. The molecule has 0 saturated heterocycles. The van der Waals surface area contributed by atoms with Crippen LogP contribution in [0, 0.1) is 5.92 Å². The Kier molecular flexibility index (Phi) is 7.28. The zero-order chi connectivity index (χ0) is 20.1. The first kappa shape index (κ1) is 21.7. The molecule has 3 N–H and O–H groups in total. The normalized spacial score (nSPS) is 21.7. The number of nitrogens with zero attached hydrogens (tertiary/aromatic N) is 1. The van der Waals surface area contributed by atoms with E-state index in [2.05, 4.69) is 27.3 Å². The van der Waals surface area contributed by atoms with Gasteiger partial charge in [-0.15, -0.1) is 0 Å². The smallest absolute Gasteiger partial charge is 0.241 e. The third-order valence-electron chi connectivity index (χ3n) is 4.73. The van der Waals surface area contributed by atoms with Gasteiger partial charge in [-0.3, -0.25) is 4.99 Å². The second-order valence-electron chi connectivity index (χ2n) is 8.49. The van der Waals surface area contributed by atoms with Gasteiger partial charge in [0.1, 0.15) is 0 Å². The zero-order valence-corrected chi connectivity index (χ0v) is 18.0.